The lowest BCUT2D eigenvalue weighted by atomic mass is 10.1. The lowest BCUT2D eigenvalue weighted by Gasteiger charge is -2.22. The van der Waals surface area contributed by atoms with E-state index in [1.165, 1.54) is 4.90 Å². The maximum Gasteiger partial charge on any atom is 0.261 e. The molecular weight excluding hydrogens is 418 g/mol. The summed E-state index contributed by atoms with van der Waals surface area (Å²) < 4.78 is 5.42. The first-order valence-electron chi connectivity index (χ1n) is 10.3. The maximum atomic E-state index is 12.4. The highest BCUT2D eigenvalue weighted by molar-refractivity contribution is 6.31. The van der Waals surface area contributed by atoms with Crippen molar-refractivity contribution in [2.75, 3.05) is 31.6 Å². The fourth-order valence-electron chi connectivity index (χ4n) is 4.15. The molecule has 1 saturated heterocycles. The van der Waals surface area contributed by atoms with E-state index < -0.39 is 0 Å². The van der Waals surface area contributed by atoms with Gasteiger partial charge >= 0.3 is 0 Å². The highest BCUT2D eigenvalue weighted by atomic mass is 35.5. The second kappa shape index (κ2) is 8.98. The van der Waals surface area contributed by atoms with Crippen molar-refractivity contribution >= 4 is 35.0 Å². The van der Waals surface area contributed by atoms with E-state index in [1.807, 2.05) is 12.1 Å². The average Bonchev–Trinajstić information content (AvgIpc) is 3.32. The summed E-state index contributed by atoms with van der Waals surface area (Å²) in [6.45, 7) is 1.69. The Balaban J connectivity index is 1.26. The van der Waals surface area contributed by atoms with Gasteiger partial charge in [-0.3, -0.25) is 19.3 Å². The third kappa shape index (κ3) is 4.37. The van der Waals surface area contributed by atoms with E-state index in [-0.39, 0.29) is 36.7 Å². The standard InChI is InChI=1S/C23H24ClN3O4/c1-31-20-9-8-15(24)13-19(20)26-12-10-16(14-26)25-21(28)7-4-11-27-22(29)17-5-2-3-6-18(17)23(27)30/h2-3,5-6,8-9,13,16H,4,7,10-12,14H2,1H3,(H,25,28). The first kappa shape index (κ1) is 21.2. The van der Waals surface area contributed by atoms with Crippen molar-refractivity contribution in [2.45, 2.75) is 25.3 Å². The van der Waals surface area contributed by atoms with Crippen molar-refractivity contribution in [3.63, 3.8) is 0 Å². The number of anilines is 1. The van der Waals surface area contributed by atoms with Crippen LogP contribution in [-0.4, -0.2) is 55.4 Å². The third-order valence-corrected chi connectivity index (χ3v) is 5.93. The fourth-order valence-corrected chi connectivity index (χ4v) is 4.31. The Hall–Kier alpha value is -3.06. The molecule has 7 nitrogen and oxygen atoms in total. The van der Waals surface area contributed by atoms with Gasteiger partial charge < -0.3 is 15.0 Å². The van der Waals surface area contributed by atoms with Crippen LogP contribution in [0.2, 0.25) is 5.02 Å². The Morgan fingerprint density at radius 1 is 1.16 bits per heavy atom. The molecule has 0 saturated carbocycles. The van der Waals surface area contributed by atoms with E-state index in [9.17, 15) is 14.4 Å². The zero-order valence-corrected chi connectivity index (χ0v) is 18.0. The molecule has 1 N–H and O–H groups in total. The van der Waals surface area contributed by atoms with Crippen LogP contribution in [0.25, 0.3) is 0 Å². The molecule has 0 aliphatic carbocycles. The second-order valence-corrected chi connectivity index (χ2v) is 8.16. The van der Waals surface area contributed by atoms with Gasteiger partial charge in [-0.1, -0.05) is 23.7 Å². The van der Waals surface area contributed by atoms with Gasteiger partial charge in [-0.25, -0.2) is 0 Å². The van der Waals surface area contributed by atoms with Gasteiger partial charge in [-0.15, -0.1) is 0 Å². The van der Waals surface area contributed by atoms with Crippen LogP contribution in [0.15, 0.2) is 42.5 Å². The summed E-state index contributed by atoms with van der Waals surface area (Å²) in [6, 6.07) is 12.3. The lowest BCUT2D eigenvalue weighted by Crippen LogP contribution is -2.38. The van der Waals surface area contributed by atoms with E-state index in [0.717, 1.165) is 24.4 Å². The van der Waals surface area contributed by atoms with Gasteiger partial charge in [0.05, 0.1) is 23.9 Å². The number of carbonyl (C=O) groups excluding carboxylic acids is 3. The Kier molecular flexibility index (Phi) is 6.13. The van der Waals surface area contributed by atoms with Crippen LogP contribution in [-0.2, 0) is 4.79 Å². The number of halogens is 1. The highest BCUT2D eigenvalue weighted by Gasteiger charge is 2.34. The average molecular weight is 442 g/mol. The Morgan fingerprint density at radius 2 is 1.87 bits per heavy atom. The molecule has 2 aromatic rings. The van der Waals surface area contributed by atoms with Crippen molar-refractivity contribution < 1.29 is 19.1 Å². The lowest BCUT2D eigenvalue weighted by molar-refractivity contribution is -0.121. The molecule has 3 amide bonds. The summed E-state index contributed by atoms with van der Waals surface area (Å²) in [5.74, 6) is 0.0877. The van der Waals surface area contributed by atoms with Gasteiger partial charge in [0.2, 0.25) is 5.91 Å². The normalized spacial score (nSPS) is 17.8. The van der Waals surface area contributed by atoms with Crippen molar-refractivity contribution in [3.8, 4) is 5.75 Å². The van der Waals surface area contributed by atoms with Crippen LogP contribution in [0.1, 0.15) is 40.0 Å². The summed E-state index contributed by atoms with van der Waals surface area (Å²) in [5.41, 5.74) is 1.77. The van der Waals surface area contributed by atoms with E-state index in [4.69, 9.17) is 16.3 Å². The molecule has 31 heavy (non-hydrogen) atoms. The Labute approximate surface area is 185 Å². The molecule has 0 radical (unpaired) electrons. The van der Waals surface area contributed by atoms with Gasteiger partial charge in [0.1, 0.15) is 5.75 Å². The molecular formula is C23H24ClN3O4. The summed E-state index contributed by atoms with van der Waals surface area (Å²) in [4.78, 5) is 40.6. The predicted octanol–water partition coefficient (Wildman–Crippen LogP) is 3.12. The number of rotatable bonds is 7. The van der Waals surface area contributed by atoms with Crippen LogP contribution >= 0.6 is 11.6 Å². The maximum absolute atomic E-state index is 12.4. The first-order valence-corrected chi connectivity index (χ1v) is 10.7. The molecule has 8 heteroatoms. The smallest absolute Gasteiger partial charge is 0.261 e. The topological polar surface area (TPSA) is 79.0 Å². The summed E-state index contributed by atoms with van der Waals surface area (Å²) in [7, 11) is 1.62. The quantitative estimate of drug-likeness (QED) is 0.668. The monoisotopic (exact) mass is 441 g/mol. The molecule has 1 atom stereocenters. The molecule has 1 unspecified atom stereocenters. The Morgan fingerprint density at radius 3 is 2.55 bits per heavy atom. The number of nitrogens with one attached hydrogen (secondary N) is 1. The molecule has 2 aliphatic rings. The minimum atomic E-state index is -0.289. The van der Waals surface area contributed by atoms with E-state index in [0.29, 0.717) is 29.1 Å². The second-order valence-electron chi connectivity index (χ2n) is 7.73. The zero-order valence-electron chi connectivity index (χ0n) is 17.3. The largest absolute Gasteiger partial charge is 0.495 e. The summed E-state index contributed by atoms with van der Waals surface area (Å²) in [6.07, 6.45) is 1.50. The number of nitrogens with zero attached hydrogens (tertiary/aromatic N) is 2. The van der Waals surface area contributed by atoms with Gasteiger partial charge in [0.15, 0.2) is 0 Å². The van der Waals surface area contributed by atoms with Crippen LogP contribution in [0.3, 0.4) is 0 Å². The third-order valence-electron chi connectivity index (χ3n) is 5.70. The minimum Gasteiger partial charge on any atom is -0.495 e. The van der Waals surface area contributed by atoms with Gasteiger partial charge in [-0.05, 0) is 43.2 Å². The van der Waals surface area contributed by atoms with E-state index >= 15 is 0 Å². The van der Waals surface area contributed by atoms with Crippen LogP contribution in [0.5, 0.6) is 5.75 Å². The SMILES string of the molecule is COc1ccc(Cl)cc1N1CCC(NC(=O)CCCN2C(=O)c3ccccc3C2=O)C1. The number of fused-ring (bicyclic) bond motifs is 1. The number of hydrogen-bond donors (Lipinski definition) is 1. The van der Waals surface area contributed by atoms with Crippen LogP contribution in [0, 0.1) is 0 Å². The minimum absolute atomic E-state index is 0.0236. The summed E-state index contributed by atoms with van der Waals surface area (Å²) >= 11 is 6.13. The number of amides is 3. The van der Waals surface area contributed by atoms with Crippen LogP contribution < -0.4 is 15.0 Å². The number of benzene rings is 2. The molecule has 0 aromatic heterocycles. The van der Waals surface area contributed by atoms with Crippen molar-refractivity contribution in [1.82, 2.24) is 10.2 Å². The Bertz CT molecular complexity index is 991. The van der Waals surface area contributed by atoms with Gasteiger partial charge in [0, 0.05) is 37.1 Å². The molecule has 4 rings (SSSR count). The molecule has 2 heterocycles. The van der Waals surface area contributed by atoms with Crippen molar-refractivity contribution in [1.29, 1.82) is 0 Å². The number of carbonyl (C=O) groups is 3. The van der Waals surface area contributed by atoms with E-state index in [2.05, 4.69) is 10.2 Å². The van der Waals surface area contributed by atoms with Crippen molar-refractivity contribution in [2.24, 2.45) is 0 Å². The summed E-state index contributed by atoms with van der Waals surface area (Å²) in [5, 5.41) is 3.69. The van der Waals surface area contributed by atoms with Gasteiger partial charge in [0.25, 0.3) is 11.8 Å². The molecule has 2 aliphatic heterocycles. The van der Waals surface area contributed by atoms with Gasteiger partial charge in [-0.2, -0.15) is 0 Å². The molecule has 0 bridgehead atoms. The fraction of sp³-hybridized carbons (Fsp3) is 0.348. The molecule has 162 valence electrons. The predicted molar refractivity (Wildman–Crippen MR) is 118 cm³/mol. The number of imide groups is 1. The number of hydrogen-bond acceptors (Lipinski definition) is 5. The number of methoxy groups -OCH3 is 1. The number of ether oxygens (including phenoxy) is 1. The van der Waals surface area contributed by atoms with Crippen LogP contribution in [0.4, 0.5) is 5.69 Å². The van der Waals surface area contributed by atoms with E-state index in [1.54, 1.807) is 37.4 Å². The molecule has 0 spiro atoms. The van der Waals surface area contributed by atoms with Crippen molar-refractivity contribution in [3.05, 3.63) is 58.6 Å². The highest BCUT2D eigenvalue weighted by Crippen LogP contribution is 2.33. The molecule has 2 aromatic carbocycles. The molecule has 1 fully saturated rings. The first-order chi connectivity index (χ1) is 15.0. The zero-order chi connectivity index (χ0) is 22.0.